The maximum atomic E-state index is 11.6. The van der Waals surface area contributed by atoms with E-state index in [1.807, 2.05) is 0 Å². The highest BCUT2D eigenvalue weighted by Gasteiger charge is 2.26. The Morgan fingerprint density at radius 1 is 1.35 bits per heavy atom. The van der Waals surface area contributed by atoms with Crippen LogP contribution in [0.5, 0.6) is 0 Å². The molecular formula is C12H18N4O4. The first kappa shape index (κ1) is 14.3. The Morgan fingerprint density at radius 2 is 2.10 bits per heavy atom. The molecule has 0 unspecified atom stereocenters. The van der Waals surface area contributed by atoms with Crippen LogP contribution < -0.4 is 10.6 Å². The van der Waals surface area contributed by atoms with Gasteiger partial charge < -0.3 is 20.3 Å². The number of urea groups is 1. The van der Waals surface area contributed by atoms with Crippen molar-refractivity contribution >= 4 is 12.0 Å². The maximum absolute atomic E-state index is 11.6. The van der Waals surface area contributed by atoms with E-state index in [4.69, 9.17) is 9.63 Å². The van der Waals surface area contributed by atoms with Crippen molar-refractivity contribution in [3.8, 4) is 0 Å². The molecule has 1 aromatic rings. The molecule has 0 spiro atoms. The second kappa shape index (κ2) is 6.88. The van der Waals surface area contributed by atoms with Crippen molar-refractivity contribution in [2.45, 2.75) is 38.1 Å². The molecule has 8 nitrogen and oxygen atoms in total. The summed E-state index contributed by atoms with van der Waals surface area (Å²) in [7, 11) is 0. The lowest BCUT2D eigenvalue weighted by Gasteiger charge is -2.26. The number of carboxylic acids is 1. The van der Waals surface area contributed by atoms with E-state index in [0.717, 1.165) is 0 Å². The smallest absolute Gasteiger partial charge is 0.315 e. The summed E-state index contributed by atoms with van der Waals surface area (Å²) in [6.45, 7) is 0.415. The summed E-state index contributed by atoms with van der Waals surface area (Å²) < 4.78 is 4.81. The Labute approximate surface area is 115 Å². The lowest BCUT2D eigenvalue weighted by molar-refractivity contribution is -0.142. The number of aliphatic carboxylic acids is 1. The summed E-state index contributed by atoms with van der Waals surface area (Å²) in [5, 5.41) is 17.9. The highest BCUT2D eigenvalue weighted by atomic mass is 16.5. The lowest BCUT2D eigenvalue weighted by atomic mass is 9.86. The molecule has 1 aliphatic rings. The fraction of sp³-hybridized carbons (Fsp3) is 0.667. The number of amides is 2. The fourth-order valence-electron chi connectivity index (χ4n) is 2.31. The second-order valence-electron chi connectivity index (χ2n) is 4.87. The lowest BCUT2D eigenvalue weighted by Crippen LogP contribution is -2.44. The van der Waals surface area contributed by atoms with Crippen molar-refractivity contribution in [1.82, 2.24) is 20.8 Å². The molecule has 3 N–H and O–H groups in total. The first-order valence-electron chi connectivity index (χ1n) is 6.68. The van der Waals surface area contributed by atoms with Crippen LogP contribution in [0.25, 0.3) is 0 Å². The topological polar surface area (TPSA) is 117 Å². The highest BCUT2D eigenvalue weighted by Crippen LogP contribution is 2.24. The number of carboxylic acid groups (broad SMARTS) is 1. The van der Waals surface area contributed by atoms with Crippen LogP contribution in [0.15, 0.2) is 10.9 Å². The number of nitrogens with one attached hydrogen (secondary N) is 2. The number of hydrogen-bond donors (Lipinski definition) is 3. The molecule has 0 aromatic carbocycles. The number of nitrogens with zero attached hydrogens (tertiary/aromatic N) is 2. The van der Waals surface area contributed by atoms with Crippen molar-refractivity contribution in [3.05, 3.63) is 12.2 Å². The van der Waals surface area contributed by atoms with Crippen LogP contribution in [0, 0.1) is 5.92 Å². The van der Waals surface area contributed by atoms with Gasteiger partial charge in [0.15, 0.2) is 6.33 Å². The van der Waals surface area contributed by atoms with Gasteiger partial charge in [0.25, 0.3) is 0 Å². The molecule has 0 bridgehead atoms. The largest absolute Gasteiger partial charge is 0.481 e. The van der Waals surface area contributed by atoms with Crippen LogP contribution in [0.2, 0.25) is 0 Å². The quantitative estimate of drug-likeness (QED) is 0.726. The number of carbonyl (C=O) groups is 2. The van der Waals surface area contributed by atoms with Crippen LogP contribution in [-0.2, 0) is 11.2 Å². The van der Waals surface area contributed by atoms with Crippen molar-refractivity contribution < 1.29 is 19.2 Å². The number of rotatable bonds is 5. The van der Waals surface area contributed by atoms with Crippen LogP contribution in [0.4, 0.5) is 4.79 Å². The molecule has 2 rings (SSSR count). The number of hydrogen-bond acceptors (Lipinski definition) is 5. The van der Waals surface area contributed by atoms with Gasteiger partial charge in [0.2, 0.25) is 5.89 Å². The van der Waals surface area contributed by atoms with Crippen molar-refractivity contribution in [1.29, 1.82) is 0 Å². The summed E-state index contributed by atoms with van der Waals surface area (Å²) in [6, 6.07) is -0.197. The third kappa shape index (κ3) is 4.22. The molecule has 0 radical (unpaired) electrons. The minimum atomic E-state index is -0.743. The summed E-state index contributed by atoms with van der Waals surface area (Å²) in [5.74, 6) is -0.534. The maximum Gasteiger partial charge on any atom is 0.315 e. The number of carbonyl (C=O) groups excluding carboxylic acids is 1. The molecule has 1 saturated carbocycles. The normalized spacial score (nSPS) is 22.2. The molecule has 1 aliphatic carbocycles. The molecule has 8 heteroatoms. The molecule has 1 aromatic heterocycles. The minimum absolute atomic E-state index is 0.0500. The van der Waals surface area contributed by atoms with Gasteiger partial charge in [0.1, 0.15) is 0 Å². The highest BCUT2D eigenvalue weighted by molar-refractivity contribution is 5.74. The Bertz CT molecular complexity index is 440. The van der Waals surface area contributed by atoms with E-state index in [1.165, 1.54) is 6.33 Å². The summed E-state index contributed by atoms with van der Waals surface area (Å²) in [5.41, 5.74) is 0. The van der Waals surface area contributed by atoms with Crippen molar-refractivity contribution in [2.75, 3.05) is 6.54 Å². The second-order valence-corrected chi connectivity index (χ2v) is 4.87. The average Bonchev–Trinajstić information content (AvgIpc) is 2.92. The van der Waals surface area contributed by atoms with Gasteiger partial charge in [-0.1, -0.05) is 5.16 Å². The predicted molar refractivity (Wildman–Crippen MR) is 67.9 cm³/mol. The molecule has 110 valence electrons. The van der Waals surface area contributed by atoms with Crippen molar-refractivity contribution in [3.63, 3.8) is 0 Å². The molecule has 20 heavy (non-hydrogen) atoms. The molecule has 0 aliphatic heterocycles. The van der Waals surface area contributed by atoms with Gasteiger partial charge in [-0.2, -0.15) is 4.98 Å². The average molecular weight is 282 g/mol. The zero-order valence-electron chi connectivity index (χ0n) is 11.0. The zero-order chi connectivity index (χ0) is 14.4. The van der Waals surface area contributed by atoms with E-state index in [0.29, 0.717) is 44.5 Å². The van der Waals surface area contributed by atoms with E-state index in [9.17, 15) is 9.59 Å². The molecule has 0 atom stereocenters. The summed E-state index contributed by atoms with van der Waals surface area (Å²) in [4.78, 5) is 26.3. The van der Waals surface area contributed by atoms with Gasteiger partial charge in [-0.15, -0.1) is 0 Å². The van der Waals surface area contributed by atoms with E-state index in [-0.39, 0.29) is 18.0 Å². The van der Waals surface area contributed by atoms with E-state index < -0.39 is 5.97 Å². The SMILES string of the molecule is O=C(NCCc1ncno1)NC1CCC(C(=O)O)CC1. The monoisotopic (exact) mass is 282 g/mol. The van der Waals surface area contributed by atoms with Crippen LogP contribution >= 0.6 is 0 Å². The molecular weight excluding hydrogens is 264 g/mol. The summed E-state index contributed by atoms with van der Waals surface area (Å²) in [6.07, 6.45) is 4.43. The molecule has 0 saturated heterocycles. The Morgan fingerprint density at radius 3 is 2.70 bits per heavy atom. The van der Waals surface area contributed by atoms with Gasteiger partial charge in [-0.25, -0.2) is 4.79 Å². The van der Waals surface area contributed by atoms with Gasteiger partial charge in [0, 0.05) is 19.0 Å². The van der Waals surface area contributed by atoms with E-state index >= 15 is 0 Å². The molecule has 2 amide bonds. The summed E-state index contributed by atoms with van der Waals surface area (Å²) >= 11 is 0. The predicted octanol–water partition coefficient (Wildman–Crippen LogP) is 0.555. The zero-order valence-corrected chi connectivity index (χ0v) is 11.0. The fourth-order valence-corrected chi connectivity index (χ4v) is 2.31. The third-order valence-corrected chi connectivity index (χ3v) is 3.44. The Balaban J connectivity index is 1.61. The van der Waals surface area contributed by atoms with Gasteiger partial charge in [0.05, 0.1) is 5.92 Å². The van der Waals surface area contributed by atoms with Crippen LogP contribution in [0.3, 0.4) is 0 Å². The standard InChI is InChI=1S/C12H18N4O4/c17-11(18)8-1-3-9(4-2-8)16-12(19)13-6-5-10-14-7-15-20-10/h7-9H,1-6H2,(H,17,18)(H2,13,16,19). The molecule has 1 fully saturated rings. The minimum Gasteiger partial charge on any atom is -0.481 e. The van der Waals surface area contributed by atoms with E-state index in [1.54, 1.807) is 0 Å². The first-order valence-corrected chi connectivity index (χ1v) is 6.68. The van der Waals surface area contributed by atoms with Crippen LogP contribution in [-0.4, -0.2) is 39.8 Å². The van der Waals surface area contributed by atoms with Gasteiger partial charge in [-0.05, 0) is 25.7 Å². The van der Waals surface area contributed by atoms with Gasteiger partial charge >= 0.3 is 12.0 Å². The molecule has 1 heterocycles. The number of aromatic nitrogens is 2. The van der Waals surface area contributed by atoms with Crippen molar-refractivity contribution in [2.24, 2.45) is 5.92 Å². The van der Waals surface area contributed by atoms with Gasteiger partial charge in [-0.3, -0.25) is 4.79 Å². The third-order valence-electron chi connectivity index (χ3n) is 3.44. The van der Waals surface area contributed by atoms with E-state index in [2.05, 4.69) is 20.8 Å². The Kier molecular flexibility index (Phi) is 4.91. The first-order chi connectivity index (χ1) is 9.65. The van der Waals surface area contributed by atoms with Crippen LogP contribution in [0.1, 0.15) is 31.6 Å². The Hall–Kier alpha value is -2.12.